The Hall–Kier alpha value is -1.72. The van der Waals surface area contributed by atoms with E-state index in [0.717, 1.165) is 62.9 Å². The van der Waals surface area contributed by atoms with Crippen molar-refractivity contribution in [3.63, 3.8) is 0 Å². The maximum absolute atomic E-state index is 16.6. The molecule has 1 aliphatic carbocycles. The van der Waals surface area contributed by atoms with E-state index in [0.29, 0.717) is 60.7 Å². The lowest BCUT2D eigenvalue weighted by molar-refractivity contribution is 0.0109. The Morgan fingerprint density at radius 3 is 2.76 bits per heavy atom. The third-order valence-corrected chi connectivity index (χ3v) is 12.1. The van der Waals surface area contributed by atoms with Gasteiger partial charge in [-0.15, -0.1) is 11.6 Å². The Balaban J connectivity index is 1.22. The summed E-state index contributed by atoms with van der Waals surface area (Å²) in [5.41, 5.74) is 9.89. The SMILES string of the molecule is C=C/C=C\c1ccccc1CC1=C(F)C2=NC(OCCCN3C(C)CCC3CS(C)=O)[C@@]1(Cl)CC2C(N)N1CC2CCC(C1)N2. The number of allylic oxidation sites excluding steroid dienone is 3. The van der Waals surface area contributed by atoms with Crippen molar-refractivity contribution in [1.82, 2.24) is 15.1 Å². The van der Waals surface area contributed by atoms with Gasteiger partial charge in [0.15, 0.2) is 6.23 Å². The highest BCUT2D eigenvalue weighted by Crippen LogP contribution is 2.51. The van der Waals surface area contributed by atoms with E-state index in [1.807, 2.05) is 36.4 Å². The lowest BCUT2D eigenvalue weighted by Crippen LogP contribution is -2.63. The van der Waals surface area contributed by atoms with Crippen molar-refractivity contribution in [3.8, 4) is 0 Å². The Kier molecular flexibility index (Phi) is 10.5. The van der Waals surface area contributed by atoms with E-state index in [-0.39, 0.29) is 17.9 Å². The number of benzene rings is 1. The Morgan fingerprint density at radius 1 is 1.27 bits per heavy atom. The van der Waals surface area contributed by atoms with Crippen molar-refractivity contribution < 1.29 is 13.3 Å². The van der Waals surface area contributed by atoms with Crippen LogP contribution in [0.3, 0.4) is 0 Å². The molecule has 10 heteroatoms. The smallest absolute Gasteiger partial charge is 0.171 e. The number of rotatable bonds is 13. The number of nitrogens with zero attached hydrogens (tertiary/aromatic N) is 3. The highest BCUT2D eigenvalue weighted by Gasteiger charge is 2.56. The number of nitrogens with two attached hydrogens (primary N) is 1. The van der Waals surface area contributed by atoms with Gasteiger partial charge in [-0.2, -0.15) is 0 Å². The van der Waals surface area contributed by atoms with Gasteiger partial charge in [-0.05, 0) is 68.6 Å². The highest BCUT2D eigenvalue weighted by molar-refractivity contribution is 7.84. The fourth-order valence-electron chi connectivity index (χ4n) is 8.32. The van der Waals surface area contributed by atoms with Crippen molar-refractivity contribution in [2.45, 2.75) is 93.3 Å². The van der Waals surface area contributed by atoms with Crippen molar-refractivity contribution in [1.29, 1.82) is 0 Å². The lowest BCUT2D eigenvalue weighted by Gasteiger charge is -2.50. The van der Waals surface area contributed by atoms with Crippen LogP contribution in [0.2, 0.25) is 0 Å². The third kappa shape index (κ3) is 6.96. The summed E-state index contributed by atoms with van der Waals surface area (Å²) in [6, 6.07) is 9.69. The van der Waals surface area contributed by atoms with Gasteiger partial charge in [-0.1, -0.05) is 49.1 Å². The molecule has 3 fully saturated rings. The summed E-state index contributed by atoms with van der Waals surface area (Å²) in [5, 5.41) is 3.67. The van der Waals surface area contributed by atoms with Crippen molar-refractivity contribution >= 4 is 34.2 Å². The van der Waals surface area contributed by atoms with Crippen LogP contribution in [-0.2, 0) is 22.0 Å². The molecule has 45 heavy (non-hydrogen) atoms. The quantitative estimate of drug-likeness (QED) is 0.180. The molecule has 246 valence electrons. The van der Waals surface area contributed by atoms with E-state index < -0.39 is 21.9 Å². The molecule has 0 aromatic heterocycles. The minimum absolute atomic E-state index is 0.305. The molecule has 9 atom stereocenters. The second-order valence-electron chi connectivity index (χ2n) is 13.7. The molecule has 0 spiro atoms. The van der Waals surface area contributed by atoms with Crippen LogP contribution in [-0.4, -0.2) is 99.4 Å². The van der Waals surface area contributed by atoms with Crippen LogP contribution in [0.25, 0.3) is 6.08 Å². The molecule has 5 heterocycles. The molecule has 0 radical (unpaired) electrons. The predicted molar refractivity (Wildman–Crippen MR) is 184 cm³/mol. The number of piperazine rings is 1. The van der Waals surface area contributed by atoms with Gasteiger partial charge >= 0.3 is 0 Å². The predicted octanol–water partition coefficient (Wildman–Crippen LogP) is 4.79. The van der Waals surface area contributed by atoms with Gasteiger partial charge in [0, 0.05) is 72.5 Å². The molecular weight excluding hydrogens is 609 g/mol. The van der Waals surface area contributed by atoms with Gasteiger partial charge in [0.05, 0.1) is 18.5 Å². The lowest BCUT2D eigenvalue weighted by atomic mass is 9.71. The van der Waals surface area contributed by atoms with Crippen LogP contribution < -0.4 is 11.1 Å². The Bertz CT molecular complexity index is 1360. The Morgan fingerprint density at radius 2 is 2.02 bits per heavy atom. The summed E-state index contributed by atoms with van der Waals surface area (Å²) in [6.07, 6.45) is 12.5. The van der Waals surface area contributed by atoms with Crippen LogP contribution in [0, 0.1) is 5.92 Å². The molecule has 1 aromatic rings. The number of hydrogen-bond acceptors (Lipinski definition) is 7. The molecule has 3 saturated heterocycles. The molecule has 7 nitrogen and oxygen atoms in total. The van der Waals surface area contributed by atoms with Crippen LogP contribution in [0.5, 0.6) is 0 Å². The standard InChI is InChI=1S/C35H49ClFN5O2S/c1-4-5-9-24-10-6-7-11-25(24)18-30-31(37)32-29(33(38)41-20-26-13-14-27(21-41)39-26)19-35(30,36)34(40-32)44-17-8-16-42-23(2)12-15-28(42)22-45(3)43/h4-7,9-11,23,26-29,33-34,39H,1,8,12-22,38H2,2-3H3/b9-5-/t23?,26?,27?,28?,29?,33?,34?,35-,45?/m1/s1. The van der Waals surface area contributed by atoms with Gasteiger partial charge in [0.1, 0.15) is 10.7 Å². The maximum atomic E-state index is 16.6. The number of nitrogens with one attached hydrogen (secondary N) is 1. The van der Waals surface area contributed by atoms with Crippen LogP contribution in [0.1, 0.15) is 56.6 Å². The van der Waals surface area contributed by atoms with Gasteiger partial charge < -0.3 is 15.8 Å². The summed E-state index contributed by atoms with van der Waals surface area (Å²) in [7, 11) is -0.822. The first kappa shape index (κ1) is 33.2. The number of ether oxygens (including phenoxy) is 1. The van der Waals surface area contributed by atoms with Gasteiger partial charge in [-0.3, -0.25) is 19.0 Å². The fraction of sp³-hybridized carbons (Fsp3) is 0.629. The molecule has 4 bridgehead atoms. The maximum Gasteiger partial charge on any atom is 0.171 e. The zero-order valence-corrected chi connectivity index (χ0v) is 28.2. The van der Waals surface area contributed by atoms with E-state index >= 15 is 4.39 Å². The molecule has 0 amide bonds. The van der Waals surface area contributed by atoms with Crippen molar-refractivity contribution in [3.05, 3.63) is 65.5 Å². The van der Waals surface area contributed by atoms with Crippen LogP contribution in [0.4, 0.5) is 4.39 Å². The average molecular weight is 658 g/mol. The minimum atomic E-state index is -1.14. The molecule has 0 saturated carbocycles. The number of dihydropyridines is 1. The number of fused-ring (bicyclic) bond motifs is 4. The molecule has 6 aliphatic rings. The minimum Gasteiger partial charge on any atom is -0.354 e. The van der Waals surface area contributed by atoms with E-state index in [1.165, 1.54) is 0 Å². The van der Waals surface area contributed by atoms with E-state index in [9.17, 15) is 4.21 Å². The van der Waals surface area contributed by atoms with Crippen molar-refractivity contribution in [2.24, 2.45) is 16.6 Å². The topological polar surface area (TPSA) is 83.2 Å². The number of aliphatic imine (C=N–C) groups is 1. The van der Waals surface area contributed by atoms with E-state index in [2.05, 4.69) is 28.6 Å². The number of hydrogen-bond donors (Lipinski definition) is 2. The van der Waals surface area contributed by atoms with Crippen LogP contribution >= 0.6 is 11.6 Å². The molecule has 8 unspecified atom stereocenters. The molecular formula is C35H49ClFN5O2S. The second kappa shape index (κ2) is 14.2. The molecule has 5 aliphatic heterocycles. The number of likely N-dealkylation sites (tertiary alicyclic amines) is 2. The summed E-state index contributed by atoms with van der Waals surface area (Å²) in [4.78, 5) is 8.52. The molecule has 7 rings (SSSR count). The zero-order valence-electron chi connectivity index (χ0n) is 26.7. The van der Waals surface area contributed by atoms with Gasteiger partial charge in [-0.25, -0.2) is 4.39 Å². The Labute approximate surface area is 275 Å². The summed E-state index contributed by atoms with van der Waals surface area (Å²) in [6.45, 7) is 9.09. The number of alkyl halides is 1. The summed E-state index contributed by atoms with van der Waals surface area (Å²) < 4.78 is 35.0. The van der Waals surface area contributed by atoms with Crippen LogP contribution in [0.15, 0.2) is 59.4 Å². The second-order valence-corrected chi connectivity index (χ2v) is 15.8. The zero-order chi connectivity index (χ0) is 31.7. The average Bonchev–Trinajstić information content (AvgIpc) is 3.54. The molecule has 3 N–H and O–H groups in total. The largest absolute Gasteiger partial charge is 0.354 e. The van der Waals surface area contributed by atoms with E-state index in [4.69, 9.17) is 27.1 Å². The fourth-order valence-corrected chi connectivity index (χ4v) is 9.64. The molecule has 1 aromatic carbocycles. The van der Waals surface area contributed by atoms with E-state index in [1.54, 1.807) is 12.3 Å². The van der Waals surface area contributed by atoms with Gasteiger partial charge in [0.25, 0.3) is 0 Å². The van der Waals surface area contributed by atoms with Gasteiger partial charge in [0.2, 0.25) is 0 Å². The monoisotopic (exact) mass is 657 g/mol. The third-order valence-electron chi connectivity index (χ3n) is 10.6. The summed E-state index contributed by atoms with van der Waals surface area (Å²) in [5.74, 6) is 0.0819. The van der Waals surface area contributed by atoms with Crippen molar-refractivity contribution in [2.75, 3.05) is 38.2 Å². The first-order valence-electron chi connectivity index (χ1n) is 16.6. The number of halogens is 2. The summed E-state index contributed by atoms with van der Waals surface area (Å²) >= 11 is 7.59. The first-order chi connectivity index (χ1) is 21.7. The first-order valence-corrected chi connectivity index (χ1v) is 18.7. The normalized spacial score (nSPS) is 34.9. The highest BCUT2D eigenvalue weighted by atomic mass is 35.5.